The fraction of sp³-hybridized carbons (Fsp3) is 0.740. The van der Waals surface area contributed by atoms with Crippen molar-refractivity contribution in [2.24, 2.45) is 0 Å². The van der Waals surface area contributed by atoms with Crippen molar-refractivity contribution in [1.29, 1.82) is 0 Å². The highest BCUT2D eigenvalue weighted by molar-refractivity contribution is 7.63. The largest absolute Gasteiger partial charge is 0.443 e. The molecule has 3 aliphatic heterocycles. The van der Waals surface area contributed by atoms with Crippen LogP contribution in [0.2, 0.25) is 10.6 Å². The van der Waals surface area contributed by atoms with E-state index in [0.717, 1.165) is 51.4 Å². The van der Waals surface area contributed by atoms with Gasteiger partial charge in [-0.2, -0.15) is 9.97 Å². The highest BCUT2D eigenvalue weighted by atomic mass is 35.5. The molecule has 2 saturated carbocycles. The van der Waals surface area contributed by atoms with Crippen molar-refractivity contribution in [1.82, 2.24) is 29.2 Å². The fourth-order valence-electron chi connectivity index (χ4n) is 10.9. The smallest absolute Gasteiger partial charge is 0.416 e. The van der Waals surface area contributed by atoms with Crippen LogP contribution in [-0.2, 0) is 51.8 Å². The number of fused-ring (bicyclic) bond motifs is 3. The quantitative estimate of drug-likeness (QED) is 0.0542. The molecule has 30 heteroatoms. The molecular formula is C50H76Cl2N8O18P2. The number of methoxy groups -OCH3 is 2. The molecule has 0 unspecified atom stereocenters. The van der Waals surface area contributed by atoms with Crippen LogP contribution in [0.5, 0.6) is 0 Å². The Hall–Kier alpha value is -3.21. The lowest BCUT2D eigenvalue weighted by Gasteiger charge is -2.36. The molecule has 0 spiro atoms. The first-order valence-corrected chi connectivity index (χ1v) is 31.6. The van der Waals surface area contributed by atoms with Gasteiger partial charge in [0.2, 0.25) is 15.9 Å². The van der Waals surface area contributed by atoms with Crippen LogP contribution in [0.4, 0.5) is 16.4 Å². The summed E-state index contributed by atoms with van der Waals surface area (Å²) in [7, 11) is -5.29. The van der Waals surface area contributed by atoms with Gasteiger partial charge >= 0.3 is 13.7 Å². The Balaban J connectivity index is 0.000000217. The molecule has 4 aromatic rings. The lowest BCUT2D eigenvalue weighted by Crippen LogP contribution is -2.44. The van der Waals surface area contributed by atoms with Crippen LogP contribution < -0.4 is 10.2 Å². The third kappa shape index (κ3) is 13.2. The summed E-state index contributed by atoms with van der Waals surface area (Å²) < 4.78 is 80.7. The number of aliphatic hydroxyl groups excluding tert-OH is 4. The van der Waals surface area contributed by atoms with Gasteiger partial charge in [-0.15, -0.1) is 10.2 Å². The summed E-state index contributed by atoms with van der Waals surface area (Å²) in [5.74, 6) is -0.0123. The predicted molar refractivity (Wildman–Crippen MR) is 291 cm³/mol. The lowest BCUT2D eigenvalue weighted by molar-refractivity contribution is -0.198. The van der Waals surface area contributed by atoms with Crippen molar-refractivity contribution in [2.45, 2.75) is 169 Å². The summed E-state index contributed by atoms with van der Waals surface area (Å²) in [4.78, 5) is 43.4. The monoisotopic (exact) mass is 1210 g/mol. The summed E-state index contributed by atoms with van der Waals surface area (Å²) in [6, 6.07) is 7.27. The summed E-state index contributed by atoms with van der Waals surface area (Å²) in [6.45, 7) is 9.50. The molecule has 2 aliphatic carbocycles. The van der Waals surface area contributed by atoms with Gasteiger partial charge in [-0.25, -0.2) is 13.8 Å². The Morgan fingerprint density at radius 3 is 1.89 bits per heavy atom. The number of ether oxygens (including phenoxy) is 9. The van der Waals surface area contributed by atoms with E-state index in [9.17, 15) is 44.1 Å². The molecular weight excluding hydrogens is 1130 g/mol. The van der Waals surface area contributed by atoms with Gasteiger partial charge in [0.15, 0.2) is 22.8 Å². The SMILES string of the molecule is COC[C@](CO)(OC[C@H]1O[C@@H](c2ccc3c(NC4CCCC4)nc(Cl)nn23)[C@H](O)[C@@H]1O)P(=O)(O)O.COC[C@](CO)(OC[C@H]1O[C@H](c2ccc3c(N(C(=O)OC(C)(C)C)C4CCCC4)nc(Cl)nn23)[C@@H]2OC(C)(C)O[C@@H]21)P(C)(C)=O. The van der Waals surface area contributed by atoms with E-state index in [2.05, 4.69) is 25.5 Å². The minimum Gasteiger partial charge on any atom is -0.443 e. The van der Waals surface area contributed by atoms with Gasteiger partial charge in [-0.05, 0) is 121 Å². The van der Waals surface area contributed by atoms with Gasteiger partial charge in [0.25, 0.3) is 0 Å². The third-order valence-electron chi connectivity index (χ3n) is 15.1. The number of amides is 1. The van der Waals surface area contributed by atoms with Crippen LogP contribution >= 0.6 is 37.9 Å². The van der Waals surface area contributed by atoms with E-state index < -0.39 is 118 Å². The van der Waals surface area contributed by atoms with E-state index in [1.54, 1.807) is 34.9 Å². The molecule has 9 rings (SSSR count). The van der Waals surface area contributed by atoms with Gasteiger partial charge < -0.3 is 82.7 Å². The number of rotatable bonds is 20. The Morgan fingerprint density at radius 1 is 0.775 bits per heavy atom. The second-order valence-corrected chi connectivity index (χ2v) is 28.9. The molecule has 10 atom stereocenters. The maximum Gasteiger partial charge on any atom is 0.416 e. The molecule has 4 aromatic heterocycles. The minimum absolute atomic E-state index is 0.0164. The number of carbonyl (C=O) groups excluding carboxylic acids is 1. The standard InChI is InChI=1S/C30H46ClN4O9P.C20H30ClN4O9P/c1-28(2,3)44-27(37)34(18-11-9-10-12-18)25-20-14-13-19(35(20)33-26(31)32-25)22-24-23(42-29(4,5)43-24)21(41-22)15-40-30(16-36,17-39-6)45(7,8)38;1-32-10-20(9-26,35(29,30)31)33-8-14-15(27)16(28)17(34-14)12-6-7-13-18(22-11-4-2-3-5-11)23-19(21)24-25(12)13/h13-14,18,21-24,36H,9-12,15-17H2,1-8H3;6-7,11,14-17,26-28H,2-5,8-10H2,1H3,(H,22,23,24)(H2,29,30,31)/t21-,22-,23-,24+,30-;14-,15-,16-,17+,20-/m11/s1. The lowest BCUT2D eigenvalue weighted by atomic mass is 10.1. The zero-order chi connectivity index (χ0) is 58.3. The van der Waals surface area contributed by atoms with Crippen LogP contribution in [0.3, 0.4) is 0 Å². The van der Waals surface area contributed by atoms with E-state index in [4.69, 9.17) is 65.8 Å². The Labute approximate surface area is 473 Å². The van der Waals surface area contributed by atoms with Crippen LogP contribution in [0, 0.1) is 0 Å². The third-order valence-corrected chi connectivity index (χ3v) is 19.2. The predicted octanol–water partition coefficient (Wildman–Crippen LogP) is 5.43. The first-order chi connectivity index (χ1) is 37.6. The van der Waals surface area contributed by atoms with Gasteiger partial charge in [-0.3, -0.25) is 9.46 Å². The first kappa shape index (κ1) is 62.8. The molecule has 448 valence electrons. The minimum atomic E-state index is -4.97. The summed E-state index contributed by atoms with van der Waals surface area (Å²) in [6.07, 6.45) is -0.0427. The number of carbonyl (C=O) groups is 1. The van der Waals surface area contributed by atoms with Crippen LogP contribution in [0.25, 0.3) is 11.0 Å². The number of nitrogens with one attached hydrogen (secondary N) is 1. The van der Waals surface area contributed by atoms with Crippen molar-refractivity contribution in [3.8, 4) is 0 Å². The van der Waals surface area contributed by atoms with E-state index in [1.165, 1.54) is 18.7 Å². The maximum absolute atomic E-state index is 13.6. The summed E-state index contributed by atoms with van der Waals surface area (Å²) >= 11 is 12.7. The van der Waals surface area contributed by atoms with Crippen molar-refractivity contribution < 1.29 is 86.8 Å². The van der Waals surface area contributed by atoms with Gasteiger partial charge in [0, 0.05) is 26.3 Å². The average molecular weight is 1210 g/mol. The Kier molecular flexibility index (Phi) is 19.5. The van der Waals surface area contributed by atoms with E-state index in [0.29, 0.717) is 34.1 Å². The zero-order valence-corrected chi connectivity index (χ0v) is 49.6. The summed E-state index contributed by atoms with van der Waals surface area (Å²) in [5.41, 5.74) is 1.48. The maximum atomic E-state index is 13.6. The van der Waals surface area contributed by atoms with Gasteiger partial charge in [0.05, 0.1) is 51.0 Å². The molecule has 5 fully saturated rings. The highest BCUT2D eigenvalue weighted by Gasteiger charge is 2.58. The number of anilines is 2. The van der Waals surface area contributed by atoms with E-state index in [1.807, 2.05) is 46.8 Å². The molecule has 5 aliphatic rings. The molecule has 0 radical (unpaired) electrons. The normalized spacial score (nSPS) is 27.1. The fourth-order valence-corrected chi connectivity index (χ4v) is 13.1. The number of aromatic nitrogens is 6. The average Bonchev–Trinajstić information content (AvgIpc) is 4.45. The van der Waals surface area contributed by atoms with Crippen molar-refractivity contribution in [2.75, 3.05) is 77.4 Å². The molecule has 26 nitrogen and oxygen atoms in total. The molecule has 7 N–H and O–H groups in total. The topological polar surface area (TPSA) is 331 Å². The molecule has 3 saturated heterocycles. The number of halogens is 2. The van der Waals surface area contributed by atoms with Gasteiger partial charge in [-0.1, -0.05) is 25.7 Å². The number of hydrogen-bond acceptors (Lipinski definition) is 21. The Morgan fingerprint density at radius 2 is 1.30 bits per heavy atom. The molecule has 7 heterocycles. The molecule has 0 aromatic carbocycles. The van der Waals surface area contributed by atoms with Crippen molar-refractivity contribution >= 4 is 66.7 Å². The van der Waals surface area contributed by atoms with Crippen molar-refractivity contribution in [3.05, 3.63) is 46.2 Å². The number of nitrogens with zero attached hydrogens (tertiary/aromatic N) is 7. The highest BCUT2D eigenvalue weighted by Crippen LogP contribution is 2.54. The van der Waals surface area contributed by atoms with Crippen molar-refractivity contribution in [3.63, 3.8) is 0 Å². The second kappa shape index (κ2) is 24.8. The molecule has 0 bridgehead atoms. The number of aliphatic hydroxyl groups is 4. The number of hydrogen-bond donors (Lipinski definition) is 7. The summed E-state index contributed by atoms with van der Waals surface area (Å²) in [5, 5.41) is 49.5. The van der Waals surface area contributed by atoms with Crippen LogP contribution in [-0.4, -0.2) is 203 Å². The van der Waals surface area contributed by atoms with Crippen LogP contribution in [0.1, 0.15) is 110 Å². The zero-order valence-electron chi connectivity index (χ0n) is 46.3. The molecule has 1 amide bonds. The van der Waals surface area contributed by atoms with E-state index >= 15 is 0 Å². The van der Waals surface area contributed by atoms with Crippen LogP contribution in [0.15, 0.2) is 24.3 Å². The van der Waals surface area contributed by atoms with Gasteiger partial charge in [0.1, 0.15) is 72.6 Å². The first-order valence-electron chi connectivity index (χ1n) is 26.6. The second-order valence-electron chi connectivity index (χ2n) is 22.8. The Bertz CT molecular complexity index is 2890. The van der Waals surface area contributed by atoms with E-state index in [-0.39, 0.29) is 35.9 Å². The molecule has 80 heavy (non-hydrogen) atoms.